The number of rotatable bonds is 7. The standard InChI is InChI=1S/C13H23N3/c1-4-6-9-16(3)11-12-7-8-13(14-5-2)15-10-12/h7-8,10H,4-6,9,11H2,1-3H3,(H,14,15). The van der Waals surface area contributed by atoms with Gasteiger partial charge in [-0.3, -0.25) is 0 Å². The lowest BCUT2D eigenvalue weighted by molar-refractivity contribution is 0.320. The van der Waals surface area contributed by atoms with Crippen molar-refractivity contribution < 1.29 is 0 Å². The molecule has 0 aliphatic rings. The number of pyridine rings is 1. The average Bonchev–Trinajstić information content (AvgIpc) is 2.29. The van der Waals surface area contributed by atoms with Crippen LogP contribution in [0.5, 0.6) is 0 Å². The Balaban J connectivity index is 2.41. The van der Waals surface area contributed by atoms with Crippen molar-refractivity contribution in [3.8, 4) is 0 Å². The average molecular weight is 221 g/mol. The maximum Gasteiger partial charge on any atom is 0.125 e. The second-order valence-corrected chi connectivity index (χ2v) is 4.17. The molecule has 0 spiro atoms. The Morgan fingerprint density at radius 2 is 2.12 bits per heavy atom. The van der Waals surface area contributed by atoms with Crippen molar-refractivity contribution in [1.82, 2.24) is 9.88 Å². The first kappa shape index (κ1) is 13.0. The van der Waals surface area contributed by atoms with Gasteiger partial charge in [0.2, 0.25) is 0 Å². The van der Waals surface area contributed by atoms with Gasteiger partial charge >= 0.3 is 0 Å². The highest BCUT2D eigenvalue weighted by Crippen LogP contribution is 2.07. The quantitative estimate of drug-likeness (QED) is 0.767. The molecule has 0 radical (unpaired) electrons. The molecule has 1 rings (SSSR count). The fourth-order valence-electron chi connectivity index (χ4n) is 1.62. The summed E-state index contributed by atoms with van der Waals surface area (Å²) in [4.78, 5) is 6.70. The highest BCUT2D eigenvalue weighted by Gasteiger charge is 2.00. The van der Waals surface area contributed by atoms with Gasteiger partial charge in [0.1, 0.15) is 5.82 Å². The Bertz CT molecular complexity index is 282. The van der Waals surface area contributed by atoms with E-state index in [1.165, 1.54) is 18.4 Å². The number of anilines is 1. The zero-order chi connectivity index (χ0) is 11.8. The van der Waals surface area contributed by atoms with Crippen molar-refractivity contribution in [2.75, 3.05) is 25.5 Å². The summed E-state index contributed by atoms with van der Waals surface area (Å²) in [7, 11) is 2.16. The lowest BCUT2D eigenvalue weighted by atomic mass is 10.2. The molecule has 0 bridgehead atoms. The van der Waals surface area contributed by atoms with Crippen LogP contribution < -0.4 is 5.32 Å². The van der Waals surface area contributed by atoms with E-state index in [0.29, 0.717) is 0 Å². The second-order valence-electron chi connectivity index (χ2n) is 4.17. The monoisotopic (exact) mass is 221 g/mol. The van der Waals surface area contributed by atoms with Gasteiger partial charge in [0, 0.05) is 19.3 Å². The molecule has 0 saturated carbocycles. The fourth-order valence-corrected chi connectivity index (χ4v) is 1.62. The number of nitrogens with zero attached hydrogens (tertiary/aromatic N) is 2. The van der Waals surface area contributed by atoms with E-state index in [0.717, 1.165) is 25.5 Å². The van der Waals surface area contributed by atoms with E-state index >= 15 is 0 Å². The first-order valence-corrected chi connectivity index (χ1v) is 6.13. The first-order chi connectivity index (χ1) is 7.76. The van der Waals surface area contributed by atoms with Crippen molar-refractivity contribution in [1.29, 1.82) is 0 Å². The molecule has 1 aromatic rings. The summed E-state index contributed by atoms with van der Waals surface area (Å²) in [5, 5.41) is 3.20. The van der Waals surface area contributed by atoms with E-state index in [1.807, 2.05) is 12.3 Å². The molecule has 0 aliphatic heterocycles. The van der Waals surface area contributed by atoms with E-state index in [2.05, 4.69) is 42.2 Å². The molecule has 3 nitrogen and oxygen atoms in total. The van der Waals surface area contributed by atoms with Gasteiger partial charge in [0.05, 0.1) is 0 Å². The molecule has 1 N–H and O–H groups in total. The van der Waals surface area contributed by atoms with Gasteiger partial charge in [-0.1, -0.05) is 19.4 Å². The normalized spacial score (nSPS) is 10.8. The van der Waals surface area contributed by atoms with Crippen molar-refractivity contribution in [3.63, 3.8) is 0 Å². The summed E-state index contributed by atoms with van der Waals surface area (Å²) in [5.41, 5.74) is 1.28. The molecule has 0 amide bonds. The molecule has 0 atom stereocenters. The van der Waals surface area contributed by atoms with E-state index in [1.54, 1.807) is 0 Å². The van der Waals surface area contributed by atoms with Crippen LogP contribution in [0.2, 0.25) is 0 Å². The van der Waals surface area contributed by atoms with E-state index in [9.17, 15) is 0 Å². The van der Waals surface area contributed by atoms with Crippen LogP contribution in [0, 0.1) is 0 Å². The maximum atomic E-state index is 4.36. The van der Waals surface area contributed by atoms with Crippen molar-refractivity contribution in [2.24, 2.45) is 0 Å². The smallest absolute Gasteiger partial charge is 0.125 e. The lowest BCUT2D eigenvalue weighted by Crippen LogP contribution is -2.19. The zero-order valence-corrected chi connectivity index (χ0v) is 10.7. The van der Waals surface area contributed by atoms with E-state index in [-0.39, 0.29) is 0 Å². The zero-order valence-electron chi connectivity index (χ0n) is 10.7. The molecule has 1 aromatic heterocycles. The topological polar surface area (TPSA) is 28.2 Å². The summed E-state index contributed by atoms with van der Waals surface area (Å²) in [6.45, 7) is 7.36. The van der Waals surface area contributed by atoms with Crippen LogP contribution in [-0.2, 0) is 6.54 Å². The minimum atomic E-state index is 0.919. The Labute approximate surface area is 98.9 Å². The molecule has 0 aromatic carbocycles. The summed E-state index contributed by atoms with van der Waals surface area (Å²) in [6, 6.07) is 4.19. The van der Waals surface area contributed by atoms with Gasteiger partial charge in [0.25, 0.3) is 0 Å². The fraction of sp³-hybridized carbons (Fsp3) is 0.615. The summed E-state index contributed by atoms with van der Waals surface area (Å²) in [6.07, 6.45) is 4.47. The molecule has 1 heterocycles. The summed E-state index contributed by atoms with van der Waals surface area (Å²) >= 11 is 0. The summed E-state index contributed by atoms with van der Waals surface area (Å²) < 4.78 is 0. The number of nitrogens with one attached hydrogen (secondary N) is 1. The minimum Gasteiger partial charge on any atom is -0.370 e. The van der Waals surface area contributed by atoms with Gasteiger partial charge in [0.15, 0.2) is 0 Å². The number of hydrogen-bond donors (Lipinski definition) is 1. The number of aromatic nitrogens is 1. The maximum absolute atomic E-state index is 4.36. The molecule has 0 saturated heterocycles. The highest BCUT2D eigenvalue weighted by atomic mass is 15.1. The van der Waals surface area contributed by atoms with Gasteiger partial charge in [-0.2, -0.15) is 0 Å². The van der Waals surface area contributed by atoms with Crippen LogP contribution in [0.15, 0.2) is 18.3 Å². The molecular formula is C13H23N3. The Morgan fingerprint density at radius 1 is 1.31 bits per heavy atom. The van der Waals surface area contributed by atoms with Gasteiger partial charge in [-0.15, -0.1) is 0 Å². The van der Waals surface area contributed by atoms with E-state index < -0.39 is 0 Å². The lowest BCUT2D eigenvalue weighted by Gasteiger charge is -2.16. The SMILES string of the molecule is CCCCN(C)Cc1ccc(NCC)nc1. The molecule has 3 heteroatoms. The van der Waals surface area contributed by atoms with Crippen molar-refractivity contribution >= 4 is 5.82 Å². The first-order valence-electron chi connectivity index (χ1n) is 6.13. The highest BCUT2D eigenvalue weighted by molar-refractivity contribution is 5.35. The number of unbranched alkanes of at least 4 members (excludes halogenated alkanes) is 1. The third-order valence-electron chi connectivity index (χ3n) is 2.53. The van der Waals surface area contributed by atoms with Crippen LogP contribution in [0.1, 0.15) is 32.3 Å². The molecular weight excluding hydrogens is 198 g/mol. The summed E-state index contributed by atoms with van der Waals surface area (Å²) in [5.74, 6) is 0.961. The van der Waals surface area contributed by atoms with Crippen molar-refractivity contribution in [3.05, 3.63) is 23.9 Å². The molecule has 0 fully saturated rings. The third-order valence-corrected chi connectivity index (χ3v) is 2.53. The van der Waals surface area contributed by atoms with Crippen LogP contribution in [-0.4, -0.2) is 30.0 Å². The van der Waals surface area contributed by atoms with E-state index in [4.69, 9.17) is 0 Å². The van der Waals surface area contributed by atoms with Crippen LogP contribution in [0.3, 0.4) is 0 Å². The molecule has 0 unspecified atom stereocenters. The predicted octanol–water partition coefficient (Wildman–Crippen LogP) is 2.75. The molecule has 0 aliphatic carbocycles. The molecule has 16 heavy (non-hydrogen) atoms. The van der Waals surface area contributed by atoms with Crippen molar-refractivity contribution in [2.45, 2.75) is 33.2 Å². The molecule has 90 valence electrons. The van der Waals surface area contributed by atoms with Crippen LogP contribution >= 0.6 is 0 Å². The second kappa shape index (κ2) is 7.23. The Morgan fingerprint density at radius 3 is 2.69 bits per heavy atom. The minimum absolute atomic E-state index is 0.919. The van der Waals surface area contributed by atoms with Crippen LogP contribution in [0.25, 0.3) is 0 Å². The van der Waals surface area contributed by atoms with Gasteiger partial charge < -0.3 is 10.2 Å². The van der Waals surface area contributed by atoms with Gasteiger partial charge in [-0.25, -0.2) is 4.98 Å². The Kier molecular flexibility index (Phi) is 5.86. The Hall–Kier alpha value is -1.09. The van der Waals surface area contributed by atoms with Gasteiger partial charge in [-0.05, 0) is 38.6 Å². The largest absolute Gasteiger partial charge is 0.370 e. The third kappa shape index (κ3) is 4.62. The predicted molar refractivity (Wildman–Crippen MR) is 69.6 cm³/mol. The number of hydrogen-bond acceptors (Lipinski definition) is 3. The van der Waals surface area contributed by atoms with Crippen LogP contribution in [0.4, 0.5) is 5.82 Å².